The van der Waals surface area contributed by atoms with E-state index in [0.717, 1.165) is 17.3 Å². The Hall–Kier alpha value is 0.730. The van der Waals surface area contributed by atoms with Gasteiger partial charge in [0.25, 0.3) is 0 Å². The van der Waals surface area contributed by atoms with E-state index in [0.29, 0.717) is 0 Å². The lowest BCUT2D eigenvalue weighted by atomic mass is 9.78. The molecule has 0 N–H and O–H groups in total. The lowest BCUT2D eigenvalue weighted by Gasteiger charge is -2.28. The summed E-state index contributed by atoms with van der Waals surface area (Å²) >= 11 is 2.58. The molecular weight excluding hydrogens is 259 g/mol. The average Bonchev–Trinajstić information content (AvgIpc) is 2.61. The van der Waals surface area contributed by atoms with Crippen molar-refractivity contribution in [2.45, 2.75) is 45.4 Å². The van der Waals surface area contributed by atoms with Crippen LogP contribution in [0.3, 0.4) is 0 Å². The van der Waals surface area contributed by atoms with E-state index >= 15 is 0 Å². The van der Waals surface area contributed by atoms with Crippen LogP contribution in [0.1, 0.15) is 45.4 Å². The summed E-state index contributed by atoms with van der Waals surface area (Å²) in [6.45, 7) is 2.35. The minimum atomic E-state index is 0.829. The van der Waals surface area contributed by atoms with Gasteiger partial charge in [0, 0.05) is 4.43 Å². The third kappa shape index (κ3) is 1.42. The van der Waals surface area contributed by atoms with Gasteiger partial charge in [0.15, 0.2) is 0 Å². The highest BCUT2D eigenvalue weighted by Crippen LogP contribution is 2.59. The molecule has 2 aliphatic carbocycles. The maximum absolute atomic E-state index is 2.58. The summed E-state index contributed by atoms with van der Waals surface area (Å²) < 4.78 is 1.41. The first-order valence-electron chi connectivity index (χ1n) is 5.35. The Balaban J connectivity index is 2.02. The maximum atomic E-state index is 2.58. The zero-order valence-corrected chi connectivity index (χ0v) is 10.1. The van der Waals surface area contributed by atoms with Crippen molar-refractivity contribution in [3.8, 4) is 0 Å². The van der Waals surface area contributed by atoms with Gasteiger partial charge in [-0.3, -0.25) is 0 Å². The fraction of sp³-hybridized carbons (Fsp3) is 1.00. The van der Waals surface area contributed by atoms with Crippen LogP contribution >= 0.6 is 22.6 Å². The molecule has 2 bridgehead atoms. The minimum Gasteiger partial charge on any atom is -0.0861 e. The zero-order valence-electron chi connectivity index (χ0n) is 7.98. The molecule has 0 aliphatic heterocycles. The fourth-order valence-electron chi connectivity index (χ4n) is 3.60. The summed E-state index contributed by atoms with van der Waals surface area (Å²) in [5.41, 5.74) is 0.829. The number of hydrogen-bond acceptors (Lipinski definition) is 0. The predicted octanol–water partition coefficient (Wildman–Crippen LogP) is 4.03. The summed E-state index contributed by atoms with van der Waals surface area (Å²) in [5, 5.41) is 0. The molecule has 3 atom stereocenters. The number of hydrogen-bond donors (Lipinski definition) is 0. The molecule has 0 amide bonds. The largest absolute Gasteiger partial charge is 0.0861 e. The van der Waals surface area contributed by atoms with Crippen LogP contribution in [0.15, 0.2) is 0 Å². The van der Waals surface area contributed by atoms with Gasteiger partial charge in [-0.2, -0.15) is 0 Å². The van der Waals surface area contributed by atoms with Crippen LogP contribution in [0.2, 0.25) is 0 Å². The summed E-state index contributed by atoms with van der Waals surface area (Å²) in [5.74, 6) is 2.21. The predicted molar refractivity (Wildman–Crippen MR) is 61.7 cm³/mol. The Morgan fingerprint density at radius 2 is 2.25 bits per heavy atom. The Labute approximate surface area is 89.6 Å². The first kappa shape index (κ1) is 9.29. The van der Waals surface area contributed by atoms with Crippen molar-refractivity contribution >= 4 is 22.6 Å². The number of fused-ring (bicyclic) bond motifs is 2. The smallest absolute Gasteiger partial charge is 0.00265 e. The topological polar surface area (TPSA) is 0 Å². The second-order valence-electron chi connectivity index (χ2n) is 4.87. The molecule has 0 spiro atoms. The molecule has 2 fully saturated rings. The monoisotopic (exact) mass is 278 g/mol. The van der Waals surface area contributed by atoms with Crippen LogP contribution in [0, 0.1) is 17.3 Å². The van der Waals surface area contributed by atoms with E-state index in [1.54, 1.807) is 25.7 Å². The van der Waals surface area contributed by atoms with Gasteiger partial charge in [-0.25, -0.2) is 0 Å². The molecule has 2 aliphatic rings. The van der Waals surface area contributed by atoms with Gasteiger partial charge in [0.2, 0.25) is 0 Å². The Kier molecular flexibility index (Phi) is 2.69. The molecule has 0 aromatic carbocycles. The normalized spacial score (nSPS) is 45.5. The fourth-order valence-corrected chi connectivity index (χ4v) is 4.63. The Bertz CT molecular complexity index is 166. The highest BCUT2D eigenvalue weighted by atomic mass is 127. The molecule has 0 aromatic rings. The first-order valence-corrected chi connectivity index (χ1v) is 6.88. The van der Waals surface area contributed by atoms with E-state index in [-0.39, 0.29) is 0 Å². The lowest BCUT2D eigenvalue weighted by molar-refractivity contribution is 0.239. The third-order valence-electron chi connectivity index (χ3n) is 4.08. The van der Waals surface area contributed by atoms with Crippen LogP contribution in [0.5, 0.6) is 0 Å². The van der Waals surface area contributed by atoms with Crippen molar-refractivity contribution < 1.29 is 0 Å². The van der Waals surface area contributed by atoms with Gasteiger partial charge in [-0.1, -0.05) is 35.9 Å². The van der Waals surface area contributed by atoms with E-state index in [1.165, 1.54) is 17.3 Å². The van der Waals surface area contributed by atoms with Gasteiger partial charge in [0.05, 0.1) is 0 Å². The van der Waals surface area contributed by atoms with Crippen LogP contribution in [-0.4, -0.2) is 4.43 Å². The maximum Gasteiger partial charge on any atom is 0.00265 e. The van der Waals surface area contributed by atoms with Crippen LogP contribution in [0.25, 0.3) is 0 Å². The third-order valence-corrected chi connectivity index (χ3v) is 5.21. The summed E-state index contributed by atoms with van der Waals surface area (Å²) in [6.07, 6.45) is 9.16. The van der Waals surface area contributed by atoms with Crippen molar-refractivity contribution in [2.75, 3.05) is 4.43 Å². The summed E-state index contributed by atoms with van der Waals surface area (Å²) in [6, 6.07) is 0. The quantitative estimate of drug-likeness (QED) is 0.540. The van der Waals surface area contributed by atoms with Crippen molar-refractivity contribution in [2.24, 2.45) is 17.3 Å². The summed E-state index contributed by atoms with van der Waals surface area (Å²) in [4.78, 5) is 0. The SMILES string of the molecule is CCCC12CCC(C1)C(CI)C2. The van der Waals surface area contributed by atoms with E-state index in [1.807, 2.05) is 0 Å². The van der Waals surface area contributed by atoms with Crippen molar-refractivity contribution in [1.82, 2.24) is 0 Å². The van der Waals surface area contributed by atoms with Gasteiger partial charge in [0.1, 0.15) is 0 Å². The Morgan fingerprint density at radius 1 is 1.42 bits per heavy atom. The van der Waals surface area contributed by atoms with Gasteiger partial charge < -0.3 is 0 Å². The molecule has 70 valence electrons. The van der Waals surface area contributed by atoms with E-state index < -0.39 is 0 Å². The van der Waals surface area contributed by atoms with E-state index in [4.69, 9.17) is 0 Å². The molecule has 3 unspecified atom stereocenters. The van der Waals surface area contributed by atoms with E-state index in [2.05, 4.69) is 29.5 Å². The lowest BCUT2D eigenvalue weighted by Crippen LogP contribution is -2.18. The zero-order chi connectivity index (χ0) is 8.60. The summed E-state index contributed by atoms with van der Waals surface area (Å²) in [7, 11) is 0. The van der Waals surface area contributed by atoms with Crippen molar-refractivity contribution in [3.05, 3.63) is 0 Å². The van der Waals surface area contributed by atoms with Crippen LogP contribution < -0.4 is 0 Å². The van der Waals surface area contributed by atoms with Crippen LogP contribution in [-0.2, 0) is 0 Å². The molecular formula is C11H19I. The number of halogens is 1. The van der Waals surface area contributed by atoms with Gasteiger partial charge in [-0.15, -0.1) is 0 Å². The molecule has 1 heteroatoms. The standard InChI is InChI=1S/C11H19I/c1-2-4-11-5-3-9(6-11)10(7-11)8-12/h9-10H,2-8H2,1H3. The highest BCUT2D eigenvalue weighted by molar-refractivity contribution is 14.1. The van der Waals surface area contributed by atoms with E-state index in [9.17, 15) is 0 Å². The van der Waals surface area contributed by atoms with Gasteiger partial charge in [-0.05, 0) is 49.4 Å². The van der Waals surface area contributed by atoms with Crippen molar-refractivity contribution in [3.63, 3.8) is 0 Å². The van der Waals surface area contributed by atoms with Crippen molar-refractivity contribution in [1.29, 1.82) is 0 Å². The highest BCUT2D eigenvalue weighted by Gasteiger charge is 2.48. The number of alkyl halides is 1. The molecule has 0 heterocycles. The minimum absolute atomic E-state index is 0.829. The Morgan fingerprint density at radius 3 is 2.83 bits per heavy atom. The number of rotatable bonds is 3. The molecule has 12 heavy (non-hydrogen) atoms. The van der Waals surface area contributed by atoms with Gasteiger partial charge >= 0.3 is 0 Å². The van der Waals surface area contributed by atoms with Crippen LogP contribution in [0.4, 0.5) is 0 Å². The second-order valence-corrected chi connectivity index (χ2v) is 5.75. The molecule has 0 saturated heterocycles. The molecule has 2 saturated carbocycles. The average molecular weight is 278 g/mol. The molecule has 0 aromatic heterocycles. The first-order chi connectivity index (χ1) is 5.79. The molecule has 2 rings (SSSR count). The molecule has 0 radical (unpaired) electrons. The molecule has 0 nitrogen and oxygen atoms in total. The second kappa shape index (κ2) is 3.47.